The lowest BCUT2D eigenvalue weighted by Gasteiger charge is -2.36. The normalized spacial score (nSPS) is 35.8. The van der Waals surface area contributed by atoms with Crippen molar-refractivity contribution in [1.82, 2.24) is 15.2 Å². The van der Waals surface area contributed by atoms with Crippen LogP contribution in [0.1, 0.15) is 45.4 Å². The highest BCUT2D eigenvalue weighted by Gasteiger charge is 2.36. The van der Waals surface area contributed by atoms with E-state index in [1.54, 1.807) is 0 Å². The summed E-state index contributed by atoms with van der Waals surface area (Å²) in [6, 6.07) is 0.490. The molecule has 3 unspecified atom stereocenters. The molecule has 3 rings (SSSR count). The lowest BCUT2D eigenvalue weighted by molar-refractivity contribution is 0.00966. The summed E-state index contributed by atoms with van der Waals surface area (Å²) in [6.45, 7) is 6.00. The van der Waals surface area contributed by atoms with Gasteiger partial charge in [0, 0.05) is 25.2 Å². The first-order chi connectivity index (χ1) is 9.10. The van der Waals surface area contributed by atoms with Crippen molar-refractivity contribution in [2.24, 2.45) is 5.73 Å². The predicted molar refractivity (Wildman–Crippen MR) is 72.9 cm³/mol. The van der Waals surface area contributed by atoms with Crippen molar-refractivity contribution >= 4 is 5.95 Å². The number of rotatable bonds is 2. The number of nitrogens with one attached hydrogen (secondary N) is 1. The maximum atomic E-state index is 6.13. The molecule has 3 heterocycles. The summed E-state index contributed by atoms with van der Waals surface area (Å²) in [6.07, 6.45) is 4.26. The third-order valence-corrected chi connectivity index (χ3v) is 4.50. The third kappa shape index (κ3) is 2.23. The van der Waals surface area contributed by atoms with E-state index in [1.807, 2.05) is 0 Å². The zero-order valence-corrected chi connectivity index (χ0v) is 11.7. The van der Waals surface area contributed by atoms with Crippen molar-refractivity contribution in [3.8, 4) is 0 Å². The van der Waals surface area contributed by atoms with Gasteiger partial charge in [-0.3, -0.25) is 5.10 Å². The molecule has 6 heteroatoms. The number of anilines is 1. The van der Waals surface area contributed by atoms with Gasteiger partial charge >= 0.3 is 0 Å². The Morgan fingerprint density at radius 2 is 2.32 bits per heavy atom. The van der Waals surface area contributed by atoms with E-state index in [2.05, 4.69) is 33.9 Å². The van der Waals surface area contributed by atoms with Crippen LogP contribution in [0.2, 0.25) is 0 Å². The number of hydrogen-bond acceptors (Lipinski definition) is 5. The van der Waals surface area contributed by atoms with Crippen LogP contribution in [0.15, 0.2) is 0 Å². The highest BCUT2D eigenvalue weighted by Crippen LogP contribution is 2.34. The summed E-state index contributed by atoms with van der Waals surface area (Å²) >= 11 is 0. The first-order valence-electron chi connectivity index (χ1n) is 7.19. The molecule has 6 nitrogen and oxygen atoms in total. The molecule has 106 valence electrons. The second kappa shape index (κ2) is 4.76. The first kappa shape index (κ1) is 12.9. The Hall–Kier alpha value is -1.14. The molecule has 1 aromatic heterocycles. The highest BCUT2D eigenvalue weighted by molar-refractivity contribution is 5.33. The van der Waals surface area contributed by atoms with Crippen LogP contribution < -0.4 is 10.6 Å². The van der Waals surface area contributed by atoms with Crippen LogP contribution in [0, 0.1) is 0 Å². The number of nitrogens with zero attached hydrogens (tertiary/aromatic N) is 3. The van der Waals surface area contributed by atoms with Crippen molar-refractivity contribution in [2.45, 2.75) is 57.2 Å². The van der Waals surface area contributed by atoms with Crippen molar-refractivity contribution in [2.75, 3.05) is 18.1 Å². The van der Waals surface area contributed by atoms with Crippen molar-refractivity contribution in [1.29, 1.82) is 0 Å². The molecule has 0 radical (unpaired) electrons. The SMILES string of the molecule is CC1C(N)CCCN1c1n[nH]c(C2(C)CCCO2)n1. The first-order valence-corrected chi connectivity index (χ1v) is 7.19. The van der Waals surface area contributed by atoms with E-state index < -0.39 is 0 Å². The van der Waals surface area contributed by atoms with E-state index in [-0.39, 0.29) is 17.7 Å². The summed E-state index contributed by atoms with van der Waals surface area (Å²) in [5, 5.41) is 7.42. The Labute approximate surface area is 113 Å². The molecule has 1 aromatic rings. The minimum atomic E-state index is -0.299. The summed E-state index contributed by atoms with van der Waals surface area (Å²) in [5.41, 5.74) is 5.83. The molecular formula is C13H23N5O. The average molecular weight is 265 g/mol. The van der Waals surface area contributed by atoms with E-state index in [4.69, 9.17) is 10.5 Å². The molecule has 3 atom stereocenters. The van der Waals surface area contributed by atoms with E-state index >= 15 is 0 Å². The Bertz CT molecular complexity index is 440. The van der Waals surface area contributed by atoms with Gasteiger partial charge in [0.15, 0.2) is 5.82 Å². The molecule has 3 N–H and O–H groups in total. The standard InChI is InChI=1S/C13H23N5O/c1-9-10(14)5-3-7-18(9)12-15-11(16-17-12)13(2)6-4-8-19-13/h9-10H,3-8,14H2,1-2H3,(H,15,16,17). The van der Waals surface area contributed by atoms with E-state index in [0.29, 0.717) is 0 Å². The van der Waals surface area contributed by atoms with Crippen molar-refractivity contribution < 1.29 is 4.74 Å². The molecule has 2 aliphatic rings. The topological polar surface area (TPSA) is 80.1 Å². The predicted octanol–water partition coefficient (Wildman–Crippen LogP) is 1.15. The number of hydrogen-bond donors (Lipinski definition) is 2. The number of nitrogens with two attached hydrogens (primary N) is 1. The van der Waals surface area contributed by atoms with Gasteiger partial charge in [0.25, 0.3) is 0 Å². The minimum Gasteiger partial charge on any atom is -0.367 e. The maximum absolute atomic E-state index is 6.13. The Morgan fingerprint density at radius 3 is 3.05 bits per heavy atom. The van der Waals surface area contributed by atoms with Gasteiger partial charge < -0.3 is 15.4 Å². The fourth-order valence-electron chi connectivity index (χ4n) is 3.04. The van der Waals surface area contributed by atoms with Crippen molar-refractivity contribution in [3.05, 3.63) is 5.82 Å². The molecule has 0 spiro atoms. The van der Waals surface area contributed by atoms with E-state index in [0.717, 1.165) is 50.6 Å². The van der Waals surface area contributed by atoms with Gasteiger partial charge in [-0.2, -0.15) is 4.98 Å². The van der Waals surface area contributed by atoms with Crippen LogP contribution in [-0.4, -0.2) is 40.4 Å². The third-order valence-electron chi connectivity index (χ3n) is 4.50. The largest absolute Gasteiger partial charge is 0.367 e. The van der Waals surface area contributed by atoms with Crippen LogP contribution in [-0.2, 0) is 10.3 Å². The zero-order valence-electron chi connectivity index (χ0n) is 11.7. The van der Waals surface area contributed by atoms with Gasteiger partial charge in [-0.05, 0) is 39.5 Å². The van der Waals surface area contributed by atoms with Gasteiger partial charge in [0.1, 0.15) is 5.60 Å². The molecule has 0 amide bonds. The Morgan fingerprint density at radius 1 is 1.47 bits per heavy atom. The highest BCUT2D eigenvalue weighted by atomic mass is 16.5. The molecule has 0 aliphatic carbocycles. The quantitative estimate of drug-likeness (QED) is 0.838. The number of piperidine rings is 1. The minimum absolute atomic E-state index is 0.203. The zero-order chi connectivity index (χ0) is 13.5. The molecule has 2 fully saturated rings. The number of ether oxygens (including phenoxy) is 1. The van der Waals surface area contributed by atoms with Gasteiger partial charge in [-0.25, -0.2) is 0 Å². The molecule has 0 aromatic carbocycles. The van der Waals surface area contributed by atoms with Crippen LogP contribution >= 0.6 is 0 Å². The molecule has 0 saturated carbocycles. The Kier molecular flexibility index (Phi) is 3.22. The number of aromatic amines is 1. The second-order valence-electron chi connectivity index (χ2n) is 5.91. The van der Waals surface area contributed by atoms with E-state index in [9.17, 15) is 0 Å². The summed E-state index contributed by atoms with van der Waals surface area (Å²) < 4.78 is 5.80. The van der Waals surface area contributed by atoms with Crippen LogP contribution in [0.4, 0.5) is 5.95 Å². The summed E-state index contributed by atoms with van der Waals surface area (Å²) in [4.78, 5) is 6.85. The van der Waals surface area contributed by atoms with Gasteiger partial charge in [0.2, 0.25) is 5.95 Å². The molecule has 19 heavy (non-hydrogen) atoms. The average Bonchev–Trinajstić information content (AvgIpc) is 3.02. The second-order valence-corrected chi connectivity index (χ2v) is 5.91. The van der Waals surface area contributed by atoms with Crippen LogP contribution in [0.5, 0.6) is 0 Å². The number of H-pyrrole nitrogens is 1. The fourth-order valence-corrected chi connectivity index (χ4v) is 3.04. The molecule has 0 bridgehead atoms. The van der Waals surface area contributed by atoms with Crippen LogP contribution in [0.25, 0.3) is 0 Å². The molecule has 2 saturated heterocycles. The van der Waals surface area contributed by atoms with Crippen LogP contribution in [0.3, 0.4) is 0 Å². The van der Waals surface area contributed by atoms with Crippen molar-refractivity contribution in [3.63, 3.8) is 0 Å². The van der Waals surface area contributed by atoms with Gasteiger partial charge in [0.05, 0.1) is 0 Å². The van der Waals surface area contributed by atoms with Gasteiger partial charge in [-0.15, -0.1) is 5.10 Å². The lowest BCUT2D eigenvalue weighted by atomic mass is 9.99. The van der Waals surface area contributed by atoms with Gasteiger partial charge in [-0.1, -0.05) is 0 Å². The lowest BCUT2D eigenvalue weighted by Crippen LogP contribution is -2.51. The summed E-state index contributed by atoms with van der Waals surface area (Å²) in [5.74, 6) is 1.60. The number of aromatic nitrogens is 3. The fraction of sp³-hybridized carbons (Fsp3) is 0.846. The monoisotopic (exact) mass is 265 g/mol. The Balaban J connectivity index is 1.81. The van der Waals surface area contributed by atoms with E-state index in [1.165, 1.54) is 0 Å². The maximum Gasteiger partial charge on any atom is 0.245 e. The summed E-state index contributed by atoms with van der Waals surface area (Å²) in [7, 11) is 0. The molecular weight excluding hydrogens is 242 g/mol. The smallest absolute Gasteiger partial charge is 0.245 e. The molecule has 2 aliphatic heterocycles.